The molecule has 8 heteroatoms. The van der Waals surface area contributed by atoms with Crippen LogP contribution in [0.3, 0.4) is 0 Å². The normalized spacial score (nSPS) is 16.9. The topological polar surface area (TPSA) is 89.1 Å². The first-order valence-corrected chi connectivity index (χ1v) is 9.65. The molecule has 1 aliphatic rings. The number of anilines is 1. The van der Waals surface area contributed by atoms with Crippen molar-refractivity contribution in [3.63, 3.8) is 0 Å². The molecule has 0 radical (unpaired) electrons. The summed E-state index contributed by atoms with van der Waals surface area (Å²) in [4.78, 5) is 19.0. The van der Waals surface area contributed by atoms with E-state index in [-0.39, 0.29) is 12.1 Å². The lowest BCUT2D eigenvalue weighted by atomic mass is 10.00. The molecule has 1 saturated heterocycles. The van der Waals surface area contributed by atoms with Gasteiger partial charge in [-0.25, -0.2) is 4.79 Å². The summed E-state index contributed by atoms with van der Waals surface area (Å²) >= 11 is 0. The molecule has 0 unspecified atom stereocenters. The van der Waals surface area contributed by atoms with Crippen LogP contribution in [0.1, 0.15) is 31.5 Å². The van der Waals surface area contributed by atoms with Gasteiger partial charge in [-0.2, -0.15) is 10.1 Å². The third-order valence-corrected chi connectivity index (χ3v) is 5.05. The fraction of sp³-hybridized carbons (Fsp3) is 0.400. The number of aromatic nitrogens is 4. The number of nitrogens with zero attached hydrogens (tertiary/aromatic N) is 5. The highest BCUT2D eigenvalue weighted by atomic mass is 16.5. The first-order valence-electron chi connectivity index (χ1n) is 9.65. The number of nitrogens with one attached hydrogen (secondary N) is 1. The summed E-state index contributed by atoms with van der Waals surface area (Å²) in [5, 5.41) is 11.1. The quantitative estimate of drug-likeness (QED) is 0.729. The second-order valence-corrected chi connectivity index (χ2v) is 7.06. The average Bonchev–Trinajstić information content (AvgIpc) is 3.39. The minimum absolute atomic E-state index is 0.0495. The SMILES string of the molecule is Cc1noc(-c2ccc(NC(=O)N3CCCC[C@@H]3CCn3cccn3)cc2)n1. The van der Waals surface area contributed by atoms with Crippen LogP contribution < -0.4 is 5.32 Å². The van der Waals surface area contributed by atoms with Gasteiger partial charge in [0.2, 0.25) is 0 Å². The Morgan fingerprint density at radius 2 is 2.14 bits per heavy atom. The highest BCUT2D eigenvalue weighted by Crippen LogP contribution is 2.23. The summed E-state index contributed by atoms with van der Waals surface area (Å²) < 4.78 is 7.09. The Balaban J connectivity index is 1.38. The standard InChI is InChI=1S/C20H24N6O2/c1-15-22-19(28-24-15)16-6-8-17(9-7-16)23-20(27)26-13-3-2-5-18(26)10-14-25-12-4-11-21-25/h4,6-9,11-12,18H,2-3,5,10,13-14H2,1H3,(H,23,27)/t18-/m1/s1. The van der Waals surface area contributed by atoms with Gasteiger partial charge in [-0.05, 0) is 62.9 Å². The molecule has 1 atom stereocenters. The van der Waals surface area contributed by atoms with Gasteiger partial charge in [0.25, 0.3) is 5.89 Å². The highest BCUT2D eigenvalue weighted by molar-refractivity contribution is 5.89. The molecule has 1 aromatic carbocycles. The molecule has 0 saturated carbocycles. The van der Waals surface area contributed by atoms with Crippen LogP contribution in [0, 0.1) is 6.92 Å². The lowest BCUT2D eigenvalue weighted by Crippen LogP contribution is -2.46. The minimum Gasteiger partial charge on any atom is -0.334 e. The minimum atomic E-state index is -0.0495. The zero-order valence-electron chi connectivity index (χ0n) is 15.9. The van der Waals surface area contributed by atoms with Crippen LogP contribution in [0.5, 0.6) is 0 Å². The monoisotopic (exact) mass is 380 g/mol. The lowest BCUT2D eigenvalue weighted by Gasteiger charge is -2.35. The molecule has 1 fully saturated rings. The number of carbonyl (C=O) groups is 1. The maximum absolute atomic E-state index is 12.8. The number of hydrogen-bond acceptors (Lipinski definition) is 5. The number of carbonyl (C=O) groups excluding carboxylic acids is 1. The maximum Gasteiger partial charge on any atom is 0.322 e. The summed E-state index contributed by atoms with van der Waals surface area (Å²) in [6, 6.07) is 9.56. The summed E-state index contributed by atoms with van der Waals surface area (Å²) in [7, 11) is 0. The molecule has 1 aliphatic heterocycles. The summed E-state index contributed by atoms with van der Waals surface area (Å²) in [5.74, 6) is 1.07. The van der Waals surface area contributed by atoms with E-state index in [4.69, 9.17) is 4.52 Å². The van der Waals surface area contributed by atoms with Crippen molar-refractivity contribution in [2.75, 3.05) is 11.9 Å². The molecule has 1 N–H and O–H groups in total. The van der Waals surface area contributed by atoms with Gasteiger partial charge in [0.15, 0.2) is 5.82 Å². The van der Waals surface area contributed by atoms with Crippen LogP contribution in [-0.2, 0) is 6.54 Å². The average molecular weight is 380 g/mol. The van der Waals surface area contributed by atoms with Gasteiger partial charge in [0.05, 0.1) is 0 Å². The Kier molecular flexibility index (Phi) is 5.36. The van der Waals surface area contributed by atoms with Gasteiger partial charge in [0, 0.05) is 42.8 Å². The number of benzene rings is 1. The molecular weight excluding hydrogens is 356 g/mol. The van der Waals surface area contributed by atoms with Gasteiger partial charge in [-0.1, -0.05) is 5.16 Å². The molecule has 2 aromatic heterocycles. The Hall–Kier alpha value is -3.16. The Morgan fingerprint density at radius 3 is 2.86 bits per heavy atom. The molecule has 2 amide bonds. The Morgan fingerprint density at radius 1 is 1.29 bits per heavy atom. The van der Waals surface area contributed by atoms with Crippen molar-refractivity contribution in [3.05, 3.63) is 48.5 Å². The van der Waals surface area contributed by atoms with Gasteiger partial charge in [-0.3, -0.25) is 4.68 Å². The van der Waals surface area contributed by atoms with Crippen LogP contribution in [0.2, 0.25) is 0 Å². The predicted molar refractivity (Wildman–Crippen MR) is 105 cm³/mol. The lowest BCUT2D eigenvalue weighted by molar-refractivity contribution is 0.154. The number of hydrogen-bond donors (Lipinski definition) is 1. The first-order chi connectivity index (χ1) is 13.7. The van der Waals surface area contributed by atoms with Crippen molar-refractivity contribution in [1.29, 1.82) is 0 Å². The molecule has 146 valence electrons. The van der Waals surface area contributed by atoms with Crippen molar-refractivity contribution in [2.45, 2.75) is 45.2 Å². The number of aryl methyl sites for hydroxylation is 2. The van der Waals surface area contributed by atoms with Crippen LogP contribution in [0.15, 0.2) is 47.2 Å². The summed E-state index contributed by atoms with van der Waals surface area (Å²) in [6.07, 6.45) is 7.88. The van der Waals surface area contributed by atoms with E-state index >= 15 is 0 Å². The van der Waals surface area contributed by atoms with E-state index in [0.717, 1.165) is 50.0 Å². The fourth-order valence-corrected chi connectivity index (χ4v) is 3.59. The van der Waals surface area contributed by atoms with Crippen LogP contribution in [0.25, 0.3) is 11.5 Å². The van der Waals surface area contributed by atoms with Crippen molar-refractivity contribution in [1.82, 2.24) is 24.8 Å². The van der Waals surface area contributed by atoms with E-state index in [1.165, 1.54) is 0 Å². The predicted octanol–water partition coefficient (Wildman–Crippen LogP) is 3.72. The number of rotatable bonds is 5. The van der Waals surface area contributed by atoms with Crippen LogP contribution in [0.4, 0.5) is 10.5 Å². The van der Waals surface area contributed by atoms with Gasteiger partial charge in [0.1, 0.15) is 0 Å². The van der Waals surface area contributed by atoms with Gasteiger partial charge in [-0.15, -0.1) is 0 Å². The van der Waals surface area contributed by atoms with Crippen LogP contribution in [-0.4, -0.2) is 43.4 Å². The molecule has 4 rings (SSSR count). The number of likely N-dealkylation sites (tertiary alicyclic amines) is 1. The number of piperidine rings is 1. The molecule has 3 aromatic rings. The third-order valence-electron chi connectivity index (χ3n) is 5.05. The zero-order valence-corrected chi connectivity index (χ0v) is 15.9. The number of urea groups is 1. The molecule has 0 spiro atoms. The zero-order chi connectivity index (χ0) is 19.3. The van der Waals surface area contributed by atoms with E-state index in [9.17, 15) is 4.79 Å². The number of amides is 2. The van der Waals surface area contributed by atoms with Crippen molar-refractivity contribution in [2.24, 2.45) is 0 Å². The third kappa shape index (κ3) is 4.21. The molecular formula is C20H24N6O2. The Labute approximate surface area is 163 Å². The second-order valence-electron chi connectivity index (χ2n) is 7.06. The summed E-state index contributed by atoms with van der Waals surface area (Å²) in [6.45, 7) is 3.39. The highest BCUT2D eigenvalue weighted by Gasteiger charge is 2.26. The molecule has 0 aliphatic carbocycles. The van der Waals surface area contributed by atoms with E-state index in [2.05, 4.69) is 20.6 Å². The Bertz CT molecular complexity index is 903. The van der Waals surface area contributed by atoms with E-state index in [1.54, 1.807) is 13.1 Å². The maximum atomic E-state index is 12.8. The second kappa shape index (κ2) is 8.24. The molecule has 0 bridgehead atoms. The van der Waals surface area contributed by atoms with Crippen LogP contribution >= 0.6 is 0 Å². The smallest absolute Gasteiger partial charge is 0.322 e. The van der Waals surface area contributed by atoms with E-state index < -0.39 is 0 Å². The largest absolute Gasteiger partial charge is 0.334 e. The van der Waals surface area contributed by atoms with Gasteiger partial charge < -0.3 is 14.7 Å². The molecule has 28 heavy (non-hydrogen) atoms. The van der Waals surface area contributed by atoms with E-state index in [0.29, 0.717) is 11.7 Å². The summed E-state index contributed by atoms with van der Waals surface area (Å²) in [5.41, 5.74) is 1.58. The van der Waals surface area contributed by atoms with Crippen molar-refractivity contribution >= 4 is 11.7 Å². The molecule has 8 nitrogen and oxygen atoms in total. The van der Waals surface area contributed by atoms with E-state index in [1.807, 2.05) is 46.1 Å². The van der Waals surface area contributed by atoms with Gasteiger partial charge >= 0.3 is 6.03 Å². The van der Waals surface area contributed by atoms with Crippen molar-refractivity contribution < 1.29 is 9.32 Å². The first kappa shape index (κ1) is 18.2. The molecule has 3 heterocycles. The fourth-order valence-electron chi connectivity index (χ4n) is 3.59. The van der Waals surface area contributed by atoms with Crippen molar-refractivity contribution in [3.8, 4) is 11.5 Å².